The zero-order valence-electron chi connectivity index (χ0n) is 8.29. The summed E-state index contributed by atoms with van der Waals surface area (Å²) in [6.45, 7) is 2.85. The van der Waals surface area contributed by atoms with Gasteiger partial charge in [0.25, 0.3) is 0 Å². The smallest absolute Gasteiger partial charge is 0.160 e. The molecule has 74 valence electrons. The SMILES string of the molecule is CCc1cc(Cl)c2c(n1)N=CN(C)C2. The van der Waals surface area contributed by atoms with Crippen molar-refractivity contribution in [2.75, 3.05) is 7.05 Å². The molecule has 4 heteroatoms. The Labute approximate surface area is 88.4 Å². The van der Waals surface area contributed by atoms with Crippen molar-refractivity contribution in [2.24, 2.45) is 4.99 Å². The Morgan fingerprint density at radius 3 is 3.07 bits per heavy atom. The molecule has 1 aliphatic heterocycles. The van der Waals surface area contributed by atoms with Crippen LogP contribution in [0.15, 0.2) is 11.1 Å². The summed E-state index contributed by atoms with van der Waals surface area (Å²) in [6.07, 6.45) is 2.67. The molecule has 0 amide bonds. The number of hydrogen-bond acceptors (Lipinski definition) is 3. The highest BCUT2D eigenvalue weighted by atomic mass is 35.5. The van der Waals surface area contributed by atoms with Gasteiger partial charge in [-0.25, -0.2) is 9.98 Å². The number of fused-ring (bicyclic) bond motifs is 1. The van der Waals surface area contributed by atoms with Crippen molar-refractivity contribution < 1.29 is 0 Å². The molecule has 0 aromatic carbocycles. The molecule has 0 saturated carbocycles. The number of aryl methyl sites for hydroxylation is 1. The molecule has 1 aromatic heterocycles. The quantitative estimate of drug-likeness (QED) is 0.711. The topological polar surface area (TPSA) is 28.5 Å². The molecule has 0 saturated heterocycles. The molecule has 1 aromatic rings. The van der Waals surface area contributed by atoms with Crippen molar-refractivity contribution in [1.29, 1.82) is 0 Å². The van der Waals surface area contributed by atoms with Crippen molar-refractivity contribution in [2.45, 2.75) is 19.9 Å². The molecule has 2 rings (SSSR count). The van der Waals surface area contributed by atoms with Crippen LogP contribution in [0, 0.1) is 0 Å². The standard InChI is InChI=1S/C10H12ClN3/c1-3-7-4-9(11)8-5-14(2)6-12-10(8)13-7/h4,6H,3,5H2,1-2H3. The summed E-state index contributed by atoms with van der Waals surface area (Å²) in [5, 5.41) is 0.774. The molecule has 14 heavy (non-hydrogen) atoms. The molecule has 0 radical (unpaired) electrons. The van der Waals surface area contributed by atoms with E-state index in [1.807, 2.05) is 18.0 Å². The van der Waals surface area contributed by atoms with Gasteiger partial charge in [-0.05, 0) is 12.5 Å². The first-order valence-corrected chi connectivity index (χ1v) is 5.01. The maximum absolute atomic E-state index is 6.15. The number of hydrogen-bond donors (Lipinski definition) is 0. The van der Waals surface area contributed by atoms with Gasteiger partial charge in [-0.2, -0.15) is 0 Å². The summed E-state index contributed by atoms with van der Waals surface area (Å²) in [5.74, 6) is 0.771. The number of halogens is 1. The molecule has 0 fully saturated rings. The fraction of sp³-hybridized carbons (Fsp3) is 0.400. The van der Waals surface area contributed by atoms with Gasteiger partial charge in [0.1, 0.15) is 0 Å². The lowest BCUT2D eigenvalue weighted by molar-refractivity contribution is 0.507. The average Bonchev–Trinajstić information content (AvgIpc) is 2.19. The minimum absolute atomic E-state index is 0.771. The predicted molar refractivity (Wildman–Crippen MR) is 58.2 cm³/mol. The molecule has 0 bridgehead atoms. The molecule has 0 N–H and O–H groups in total. The first-order valence-electron chi connectivity index (χ1n) is 4.63. The van der Waals surface area contributed by atoms with E-state index in [0.29, 0.717) is 0 Å². The summed E-state index contributed by atoms with van der Waals surface area (Å²) in [4.78, 5) is 10.7. The van der Waals surface area contributed by atoms with Crippen LogP contribution in [0.25, 0.3) is 0 Å². The molecule has 0 aliphatic carbocycles. The summed E-state index contributed by atoms with van der Waals surface area (Å²) < 4.78 is 0. The first-order chi connectivity index (χ1) is 6.70. The van der Waals surface area contributed by atoms with Crippen LogP contribution in [0.5, 0.6) is 0 Å². The van der Waals surface area contributed by atoms with Crippen molar-refractivity contribution >= 4 is 23.8 Å². The summed E-state index contributed by atoms with van der Waals surface area (Å²) in [7, 11) is 1.97. The molecule has 3 nitrogen and oxygen atoms in total. The first kappa shape index (κ1) is 9.46. The maximum Gasteiger partial charge on any atom is 0.160 e. The van der Waals surface area contributed by atoms with Gasteiger partial charge in [-0.1, -0.05) is 18.5 Å². The molecular weight excluding hydrogens is 198 g/mol. The van der Waals surface area contributed by atoms with Crippen molar-refractivity contribution in [3.8, 4) is 0 Å². The normalized spacial score (nSPS) is 14.4. The van der Waals surface area contributed by atoms with Crippen LogP contribution in [-0.4, -0.2) is 23.3 Å². The highest BCUT2D eigenvalue weighted by molar-refractivity contribution is 6.31. The number of nitrogens with zero attached hydrogens (tertiary/aromatic N) is 3. The monoisotopic (exact) mass is 209 g/mol. The van der Waals surface area contributed by atoms with Gasteiger partial charge >= 0.3 is 0 Å². The molecule has 0 spiro atoms. The van der Waals surface area contributed by atoms with E-state index in [4.69, 9.17) is 11.6 Å². The molecule has 0 atom stereocenters. The van der Waals surface area contributed by atoms with E-state index in [2.05, 4.69) is 16.9 Å². The Kier molecular flexibility index (Phi) is 2.42. The van der Waals surface area contributed by atoms with Gasteiger partial charge in [-0.15, -0.1) is 0 Å². The number of pyridine rings is 1. The number of aliphatic imine (C=N–C) groups is 1. The number of aromatic nitrogens is 1. The average molecular weight is 210 g/mol. The van der Waals surface area contributed by atoms with E-state index < -0.39 is 0 Å². The molecule has 1 aliphatic rings. The predicted octanol–water partition coefficient (Wildman–Crippen LogP) is 2.40. The van der Waals surface area contributed by atoms with Gasteiger partial charge in [-0.3, -0.25) is 0 Å². The van der Waals surface area contributed by atoms with Gasteiger partial charge in [0.15, 0.2) is 5.82 Å². The molecular formula is C10H12ClN3. The highest BCUT2D eigenvalue weighted by Crippen LogP contribution is 2.29. The minimum Gasteiger partial charge on any atom is -0.361 e. The lowest BCUT2D eigenvalue weighted by atomic mass is 10.2. The van der Waals surface area contributed by atoms with Gasteiger partial charge in [0.05, 0.1) is 11.4 Å². The second-order valence-electron chi connectivity index (χ2n) is 3.41. The Morgan fingerprint density at radius 1 is 1.57 bits per heavy atom. The number of rotatable bonds is 1. The lowest BCUT2D eigenvalue weighted by Crippen LogP contribution is -2.19. The molecule has 2 heterocycles. The van der Waals surface area contributed by atoms with E-state index in [9.17, 15) is 0 Å². The van der Waals surface area contributed by atoms with E-state index >= 15 is 0 Å². The summed E-state index contributed by atoms with van der Waals surface area (Å²) in [5.41, 5.74) is 2.02. The zero-order chi connectivity index (χ0) is 10.1. The zero-order valence-corrected chi connectivity index (χ0v) is 9.04. The van der Waals surface area contributed by atoms with Crippen LogP contribution in [0.1, 0.15) is 18.2 Å². The second-order valence-corrected chi connectivity index (χ2v) is 3.82. The Hall–Kier alpha value is -1.09. The van der Waals surface area contributed by atoms with Crippen LogP contribution in [-0.2, 0) is 13.0 Å². The minimum atomic E-state index is 0.771. The summed E-state index contributed by atoms with van der Waals surface area (Å²) >= 11 is 6.15. The van der Waals surface area contributed by atoms with Crippen LogP contribution in [0.2, 0.25) is 5.02 Å². The molecule has 0 unspecified atom stereocenters. The lowest BCUT2D eigenvalue weighted by Gasteiger charge is -2.20. The largest absolute Gasteiger partial charge is 0.361 e. The van der Waals surface area contributed by atoms with Gasteiger partial charge in [0.2, 0.25) is 0 Å². The Morgan fingerprint density at radius 2 is 2.36 bits per heavy atom. The fourth-order valence-electron chi connectivity index (χ4n) is 1.45. The van der Waals surface area contributed by atoms with Crippen LogP contribution in [0.4, 0.5) is 5.82 Å². The fourth-order valence-corrected chi connectivity index (χ4v) is 1.72. The van der Waals surface area contributed by atoms with Crippen molar-refractivity contribution in [1.82, 2.24) is 9.88 Å². The Balaban J connectivity index is 2.51. The summed E-state index contributed by atoms with van der Waals surface area (Å²) in [6, 6.07) is 1.93. The van der Waals surface area contributed by atoms with Gasteiger partial charge < -0.3 is 4.90 Å². The van der Waals surface area contributed by atoms with E-state index in [1.165, 1.54) is 0 Å². The van der Waals surface area contributed by atoms with Gasteiger partial charge in [0, 0.05) is 24.8 Å². The second kappa shape index (κ2) is 3.58. The van der Waals surface area contributed by atoms with E-state index in [0.717, 1.165) is 35.1 Å². The van der Waals surface area contributed by atoms with Crippen LogP contribution in [0.3, 0.4) is 0 Å². The third-order valence-corrected chi connectivity index (χ3v) is 2.59. The van der Waals surface area contributed by atoms with Crippen LogP contribution < -0.4 is 0 Å². The van der Waals surface area contributed by atoms with E-state index in [1.54, 1.807) is 6.34 Å². The van der Waals surface area contributed by atoms with Crippen molar-refractivity contribution in [3.05, 3.63) is 22.3 Å². The maximum atomic E-state index is 6.15. The third-order valence-electron chi connectivity index (χ3n) is 2.25. The third kappa shape index (κ3) is 1.60. The van der Waals surface area contributed by atoms with E-state index in [-0.39, 0.29) is 0 Å². The van der Waals surface area contributed by atoms with Crippen LogP contribution >= 0.6 is 11.6 Å². The Bertz CT molecular complexity index is 387. The van der Waals surface area contributed by atoms with Crippen molar-refractivity contribution in [3.63, 3.8) is 0 Å². The highest BCUT2D eigenvalue weighted by Gasteiger charge is 2.14.